The Kier molecular flexibility index (Phi) is 5.55. The lowest BCUT2D eigenvalue weighted by atomic mass is 9.78. The Labute approximate surface area is 165 Å². The molecule has 0 amide bonds. The number of benzene rings is 1. The minimum atomic E-state index is -1.06. The summed E-state index contributed by atoms with van der Waals surface area (Å²) in [5.41, 5.74) is 0.544. The first kappa shape index (κ1) is 20.4. The van der Waals surface area contributed by atoms with Crippen molar-refractivity contribution in [1.29, 1.82) is 0 Å². The van der Waals surface area contributed by atoms with E-state index in [2.05, 4.69) is 6.58 Å². The van der Waals surface area contributed by atoms with Crippen LogP contribution < -0.4 is 14.2 Å². The number of fused-ring (bicyclic) bond motifs is 2. The van der Waals surface area contributed by atoms with Gasteiger partial charge in [0.2, 0.25) is 5.75 Å². The lowest BCUT2D eigenvalue weighted by molar-refractivity contribution is -0.140. The summed E-state index contributed by atoms with van der Waals surface area (Å²) in [6.45, 7) is 5.74. The summed E-state index contributed by atoms with van der Waals surface area (Å²) < 4.78 is 22.1. The van der Waals surface area contributed by atoms with E-state index in [-0.39, 0.29) is 17.6 Å². The highest BCUT2D eigenvalue weighted by atomic mass is 16.5. The fraction of sp³-hybridized carbons (Fsp3) is 0.500. The van der Waals surface area contributed by atoms with Gasteiger partial charge in [0.15, 0.2) is 17.3 Å². The normalized spacial score (nSPS) is 31.4. The number of ketones is 1. The summed E-state index contributed by atoms with van der Waals surface area (Å²) in [7, 11) is 6.20. The number of rotatable bonds is 7. The first-order valence-corrected chi connectivity index (χ1v) is 9.30. The van der Waals surface area contributed by atoms with E-state index in [1.165, 1.54) is 0 Å². The van der Waals surface area contributed by atoms with Crippen LogP contribution in [-0.4, -0.2) is 51.0 Å². The molecule has 0 aromatic heterocycles. The molecule has 3 rings (SSSR count). The smallest absolute Gasteiger partial charge is 0.203 e. The average molecular weight is 388 g/mol. The average Bonchev–Trinajstić information content (AvgIpc) is 2.86. The van der Waals surface area contributed by atoms with Gasteiger partial charge in [-0.1, -0.05) is 13.0 Å². The number of hydrogen-bond acceptors (Lipinski definition) is 6. The highest BCUT2D eigenvalue weighted by molar-refractivity contribution is 5.98. The number of allylic oxidation sites excluding steroid dienone is 1. The number of ether oxygens (including phenoxy) is 4. The SMILES string of the molecule is C=CCC1=C[C@]2(OC)C(=O)[C@@H]([C@H](c3cc(OC)c(OC)c(OC)c3)[C@H]2C)[C@H]1O. The Morgan fingerprint density at radius 1 is 1.11 bits per heavy atom. The van der Waals surface area contributed by atoms with Gasteiger partial charge in [-0.15, -0.1) is 6.58 Å². The third-order valence-corrected chi connectivity index (χ3v) is 6.20. The molecule has 5 atom stereocenters. The monoisotopic (exact) mass is 388 g/mol. The molecular weight excluding hydrogens is 360 g/mol. The summed E-state index contributed by atoms with van der Waals surface area (Å²) in [4.78, 5) is 13.3. The first-order valence-electron chi connectivity index (χ1n) is 9.30. The molecule has 2 aliphatic carbocycles. The maximum Gasteiger partial charge on any atom is 0.203 e. The third-order valence-electron chi connectivity index (χ3n) is 6.20. The first-order chi connectivity index (χ1) is 13.4. The molecule has 1 aromatic rings. The maximum absolute atomic E-state index is 13.3. The van der Waals surface area contributed by atoms with E-state index in [1.54, 1.807) is 40.6 Å². The lowest BCUT2D eigenvalue weighted by Crippen LogP contribution is -2.46. The third kappa shape index (κ3) is 2.74. The lowest BCUT2D eigenvalue weighted by Gasteiger charge is -2.33. The topological polar surface area (TPSA) is 74.2 Å². The molecule has 1 fully saturated rings. The molecule has 6 heteroatoms. The number of carbonyl (C=O) groups excluding carboxylic acids is 1. The summed E-state index contributed by atoms with van der Waals surface area (Å²) >= 11 is 0. The van der Waals surface area contributed by atoms with Crippen molar-refractivity contribution in [3.8, 4) is 17.2 Å². The molecule has 1 N–H and O–H groups in total. The van der Waals surface area contributed by atoms with Gasteiger partial charge in [-0.3, -0.25) is 4.79 Å². The predicted molar refractivity (Wildman–Crippen MR) is 105 cm³/mol. The van der Waals surface area contributed by atoms with E-state index in [4.69, 9.17) is 18.9 Å². The van der Waals surface area contributed by atoms with Gasteiger partial charge in [0.25, 0.3) is 0 Å². The van der Waals surface area contributed by atoms with Gasteiger partial charge in [-0.05, 0) is 35.8 Å². The standard InChI is InChI=1S/C22H28O6/c1-7-8-13-11-22(28-6)12(2)17(18(19(13)23)21(22)24)14-9-15(25-3)20(27-5)16(10-14)26-4/h7,9-12,17-19,23H,1,8H2,2-6H3/t12-,17+,18+,19+,22-/m1/s1. The van der Waals surface area contributed by atoms with Crippen LogP contribution in [0.5, 0.6) is 17.2 Å². The van der Waals surface area contributed by atoms with Crippen molar-refractivity contribution in [3.63, 3.8) is 0 Å². The molecular formula is C22H28O6. The quantitative estimate of drug-likeness (QED) is 0.724. The molecule has 6 nitrogen and oxygen atoms in total. The zero-order valence-electron chi connectivity index (χ0n) is 17.0. The van der Waals surface area contributed by atoms with E-state index in [1.807, 2.05) is 19.1 Å². The van der Waals surface area contributed by atoms with Crippen LogP contribution in [0.4, 0.5) is 0 Å². The van der Waals surface area contributed by atoms with Gasteiger partial charge < -0.3 is 24.1 Å². The number of methoxy groups -OCH3 is 4. The Bertz CT molecular complexity index is 788. The fourth-order valence-corrected chi connectivity index (χ4v) is 4.84. The summed E-state index contributed by atoms with van der Waals surface area (Å²) in [5.74, 6) is 0.348. The van der Waals surface area contributed by atoms with E-state index in [0.29, 0.717) is 23.7 Å². The van der Waals surface area contributed by atoms with E-state index in [0.717, 1.165) is 11.1 Å². The van der Waals surface area contributed by atoms with E-state index < -0.39 is 17.6 Å². The number of hydrogen-bond donors (Lipinski definition) is 1. The molecule has 0 radical (unpaired) electrons. The second-order valence-electron chi connectivity index (χ2n) is 7.32. The number of Topliss-reactive ketones (excluding diaryl/α,β-unsaturated/α-hetero) is 1. The van der Waals surface area contributed by atoms with Crippen LogP contribution in [0, 0.1) is 11.8 Å². The van der Waals surface area contributed by atoms with Gasteiger partial charge in [0, 0.05) is 18.9 Å². The molecule has 2 bridgehead atoms. The molecule has 28 heavy (non-hydrogen) atoms. The Morgan fingerprint density at radius 3 is 2.18 bits per heavy atom. The van der Waals surface area contributed by atoms with Crippen LogP contribution in [0.25, 0.3) is 0 Å². The van der Waals surface area contributed by atoms with Crippen molar-refractivity contribution < 1.29 is 28.8 Å². The van der Waals surface area contributed by atoms with Crippen molar-refractivity contribution in [2.45, 2.75) is 31.0 Å². The highest BCUT2D eigenvalue weighted by Crippen LogP contribution is 2.56. The largest absolute Gasteiger partial charge is 0.493 e. The van der Waals surface area contributed by atoms with Gasteiger partial charge >= 0.3 is 0 Å². The van der Waals surface area contributed by atoms with Crippen molar-refractivity contribution >= 4 is 5.78 Å². The zero-order chi connectivity index (χ0) is 20.6. The van der Waals surface area contributed by atoms with Crippen LogP contribution in [-0.2, 0) is 9.53 Å². The molecule has 0 heterocycles. The van der Waals surface area contributed by atoms with Crippen LogP contribution in [0.15, 0.2) is 36.4 Å². The van der Waals surface area contributed by atoms with Gasteiger partial charge in [-0.25, -0.2) is 0 Å². The number of carbonyl (C=O) groups is 1. The Hall–Kier alpha value is -2.31. The second-order valence-corrected chi connectivity index (χ2v) is 7.32. The van der Waals surface area contributed by atoms with Gasteiger partial charge in [-0.2, -0.15) is 0 Å². The molecule has 0 aliphatic heterocycles. The molecule has 152 valence electrons. The summed E-state index contributed by atoms with van der Waals surface area (Å²) in [6, 6.07) is 3.69. The van der Waals surface area contributed by atoms with Crippen LogP contribution >= 0.6 is 0 Å². The van der Waals surface area contributed by atoms with Crippen molar-refractivity contribution in [1.82, 2.24) is 0 Å². The van der Waals surface area contributed by atoms with Crippen molar-refractivity contribution in [3.05, 3.63) is 42.0 Å². The Morgan fingerprint density at radius 2 is 1.71 bits per heavy atom. The van der Waals surface area contributed by atoms with Crippen LogP contribution in [0.3, 0.4) is 0 Å². The maximum atomic E-state index is 13.3. The summed E-state index contributed by atoms with van der Waals surface area (Å²) in [5, 5.41) is 11.0. The molecule has 0 spiro atoms. The molecule has 1 saturated carbocycles. The molecule has 0 saturated heterocycles. The second kappa shape index (κ2) is 7.60. The number of aliphatic hydroxyl groups excluding tert-OH is 1. The van der Waals surface area contributed by atoms with E-state index >= 15 is 0 Å². The highest BCUT2D eigenvalue weighted by Gasteiger charge is 2.63. The minimum absolute atomic E-state index is 0.0958. The fourth-order valence-electron chi connectivity index (χ4n) is 4.84. The summed E-state index contributed by atoms with van der Waals surface area (Å²) in [6.07, 6.45) is 3.14. The van der Waals surface area contributed by atoms with Crippen LogP contribution in [0.2, 0.25) is 0 Å². The van der Waals surface area contributed by atoms with Gasteiger partial charge in [0.1, 0.15) is 5.60 Å². The number of aliphatic hydroxyl groups is 1. The van der Waals surface area contributed by atoms with Crippen molar-refractivity contribution in [2.75, 3.05) is 28.4 Å². The van der Waals surface area contributed by atoms with E-state index in [9.17, 15) is 9.90 Å². The molecule has 1 aromatic carbocycles. The minimum Gasteiger partial charge on any atom is -0.493 e. The van der Waals surface area contributed by atoms with Gasteiger partial charge in [0.05, 0.1) is 33.4 Å². The van der Waals surface area contributed by atoms with Crippen molar-refractivity contribution in [2.24, 2.45) is 11.8 Å². The predicted octanol–water partition coefficient (Wildman–Crippen LogP) is 2.89. The zero-order valence-corrected chi connectivity index (χ0v) is 17.0. The Balaban J connectivity index is 2.17. The molecule has 2 aliphatic rings. The van der Waals surface area contributed by atoms with Crippen LogP contribution in [0.1, 0.15) is 24.8 Å². The molecule has 0 unspecified atom stereocenters.